The molecule has 10 nitrogen and oxygen atoms in total. The number of aromatic nitrogens is 5. The molecule has 3 aromatic rings. The van der Waals surface area contributed by atoms with Crippen molar-refractivity contribution in [1.82, 2.24) is 29.6 Å². The van der Waals surface area contributed by atoms with E-state index >= 15 is 0 Å². The van der Waals surface area contributed by atoms with Crippen LogP contribution in [0, 0.1) is 5.92 Å². The molecule has 2 amide bonds. The Morgan fingerprint density at radius 3 is 2.46 bits per heavy atom. The summed E-state index contributed by atoms with van der Waals surface area (Å²) in [6, 6.07) is 1.79. The van der Waals surface area contributed by atoms with Gasteiger partial charge in [-0.15, -0.1) is 0 Å². The first-order valence-electron chi connectivity index (χ1n) is 13.3. The van der Waals surface area contributed by atoms with E-state index < -0.39 is 36.3 Å². The van der Waals surface area contributed by atoms with Crippen LogP contribution in [0.5, 0.6) is 0 Å². The van der Waals surface area contributed by atoms with Gasteiger partial charge in [-0.2, -0.15) is 18.3 Å². The van der Waals surface area contributed by atoms with Crippen molar-refractivity contribution in [2.75, 3.05) is 36.5 Å². The number of likely N-dealkylation sites (N-methyl/N-ethyl adjacent to an activating group) is 1. The van der Waals surface area contributed by atoms with Crippen molar-refractivity contribution in [3.63, 3.8) is 0 Å². The topological polar surface area (TPSA) is 100 Å². The van der Waals surface area contributed by atoms with E-state index in [0.717, 1.165) is 47.2 Å². The van der Waals surface area contributed by atoms with Gasteiger partial charge in [0.1, 0.15) is 29.1 Å². The second-order valence-corrected chi connectivity index (χ2v) is 10.5. The number of amides is 2. The van der Waals surface area contributed by atoms with Crippen molar-refractivity contribution in [3.8, 4) is 0 Å². The molecule has 4 heterocycles. The Kier molecular flexibility index (Phi) is 7.90. The molecule has 1 saturated carbocycles. The number of anilines is 2. The lowest BCUT2D eigenvalue weighted by Gasteiger charge is -2.47. The third-order valence-corrected chi connectivity index (χ3v) is 7.90. The highest BCUT2D eigenvalue weighted by Crippen LogP contribution is 2.37. The molecule has 5 rings (SSSR count). The number of piperidine rings is 1. The van der Waals surface area contributed by atoms with Gasteiger partial charge in [-0.3, -0.25) is 14.5 Å². The number of carbonyl (C=O) groups is 2. The zero-order valence-corrected chi connectivity index (χ0v) is 22.3. The highest BCUT2D eigenvalue weighted by atomic mass is 19.4. The first-order valence-corrected chi connectivity index (χ1v) is 13.3. The molecule has 15 heteroatoms. The lowest BCUT2D eigenvalue weighted by atomic mass is 9.84. The SMILES string of the molecule is CN(CCC1CC1)C1(C(=O)N(C=O)c2ccc(C(F)(F)F)nc2)CCN(c2cnc3cnn(CC(F)F)c3n2)CC1. The molecule has 3 aromatic heterocycles. The van der Waals surface area contributed by atoms with E-state index in [-0.39, 0.29) is 24.2 Å². The quantitative estimate of drug-likeness (QED) is 0.264. The molecule has 2 fully saturated rings. The number of alkyl halides is 5. The van der Waals surface area contributed by atoms with Crippen LogP contribution in [0.4, 0.5) is 33.5 Å². The zero-order chi connectivity index (χ0) is 29.4. The smallest absolute Gasteiger partial charge is 0.355 e. The van der Waals surface area contributed by atoms with Gasteiger partial charge in [0.2, 0.25) is 6.41 Å². The molecule has 0 unspecified atom stereocenters. The average Bonchev–Trinajstić information content (AvgIpc) is 3.71. The average molecular weight is 581 g/mol. The molecule has 0 radical (unpaired) electrons. The molecule has 0 atom stereocenters. The summed E-state index contributed by atoms with van der Waals surface area (Å²) >= 11 is 0. The minimum absolute atomic E-state index is 0.0565. The van der Waals surface area contributed by atoms with E-state index in [4.69, 9.17) is 0 Å². The van der Waals surface area contributed by atoms with E-state index in [1.165, 1.54) is 12.4 Å². The summed E-state index contributed by atoms with van der Waals surface area (Å²) in [6.45, 7) is 0.652. The number of pyridine rings is 1. The summed E-state index contributed by atoms with van der Waals surface area (Å²) in [5.41, 5.74) is -1.71. The molecule has 0 bridgehead atoms. The minimum Gasteiger partial charge on any atom is -0.355 e. The Balaban J connectivity index is 1.39. The van der Waals surface area contributed by atoms with Crippen LogP contribution in [0.1, 0.15) is 37.8 Å². The first-order chi connectivity index (χ1) is 19.5. The van der Waals surface area contributed by atoms with Crippen LogP contribution >= 0.6 is 0 Å². The Labute approximate surface area is 232 Å². The summed E-state index contributed by atoms with van der Waals surface area (Å²) in [5, 5.41) is 3.94. The Morgan fingerprint density at radius 2 is 1.88 bits per heavy atom. The number of hydrogen-bond acceptors (Lipinski definition) is 8. The molecule has 0 N–H and O–H groups in total. The van der Waals surface area contributed by atoms with Crippen LogP contribution in [-0.4, -0.2) is 80.6 Å². The van der Waals surface area contributed by atoms with Crippen LogP contribution in [0.3, 0.4) is 0 Å². The molecule has 1 saturated heterocycles. The highest BCUT2D eigenvalue weighted by molar-refractivity contribution is 6.11. The molecule has 0 spiro atoms. The molecule has 1 aliphatic carbocycles. The number of imide groups is 1. The fourth-order valence-corrected chi connectivity index (χ4v) is 5.26. The van der Waals surface area contributed by atoms with Gasteiger partial charge in [-0.25, -0.2) is 33.3 Å². The first kappa shape index (κ1) is 28.8. The fourth-order valence-electron chi connectivity index (χ4n) is 5.26. The van der Waals surface area contributed by atoms with Crippen LogP contribution < -0.4 is 9.80 Å². The third kappa shape index (κ3) is 5.99. The van der Waals surface area contributed by atoms with Gasteiger partial charge in [-0.1, -0.05) is 12.8 Å². The number of nitrogens with zero attached hydrogens (tertiary/aromatic N) is 8. The van der Waals surface area contributed by atoms with Gasteiger partial charge in [0.15, 0.2) is 5.65 Å². The van der Waals surface area contributed by atoms with Crippen LogP contribution in [0.25, 0.3) is 11.2 Å². The number of carbonyl (C=O) groups excluding carboxylic acids is 2. The standard InChI is InChI=1S/C26H29F5N8O2/c1-36(9-6-17-2-3-17)25(24(41)38(16-40)18-4-5-20(33-12-18)26(29,30)31)7-10-37(11-8-25)22-14-32-19-13-34-39(15-21(27)28)23(19)35-22/h4-5,12-14,16-17,21H,2-3,6-11,15H2,1H3. The predicted octanol–water partition coefficient (Wildman–Crippen LogP) is 3.77. The minimum atomic E-state index is -4.66. The number of halogens is 5. The van der Waals surface area contributed by atoms with Gasteiger partial charge in [0.05, 0.1) is 24.3 Å². The number of fused-ring (bicyclic) bond motifs is 1. The maximum Gasteiger partial charge on any atom is 0.433 e. The monoisotopic (exact) mass is 580 g/mol. The number of hydrogen-bond donors (Lipinski definition) is 0. The van der Waals surface area contributed by atoms with Crippen molar-refractivity contribution in [2.45, 2.75) is 56.8 Å². The van der Waals surface area contributed by atoms with E-state index in [9.17, 15) is 31.5 Å². The van der Waals surface area contributed by atoms with E-state index in [2.05, 4.69) is 20.1 Å². The molecule has 41 heavy (non-hydrogen) atoms. The van der Waals surface area contributed by atoms with Crippen molar-refractivity contribution in [3.05, 3.63) is 36.4 Å². The molecular formula is C26H29F5N8O2. The summed E-state index contributed by atoms with van der Waals surface area (Å²) < 4.78 is 66.1. The number of rotatable bonds is 10. The molecule has 2 aliphatic rings. The second kappa shape index (κ2) is 11.3. The van der Waals surface area contributed by atoms with Gasteiger partial charge in [0.25, 0.3) is 12.3 Å². The van der Waals surface area contributed by atoms with Crippen LogP contribution in [-0.2, 0) is 22.3 Å². The Morgan fingerprint density at radius 1 is 1.15 bits per heavy atom. The van der Waals surface area contributed by atoms with Crippen molar-refractivity contribution in [1.29, 1.82) is 0 Å². The Hall–Kier alpha value is -3.75. The molecule has 0 aromatic carbocycles. The second-order valence-electron chi connectivity index (χ2n) is 10.5. The predicted molar refractivity (Wildman–Crippen MR) is 138 cm³/mol. The van der Waals surface area contributed by atoms with Gasteiger partial charge < -0.3 is 4.90 Å². The van der Waals surface area contributed by atoms with Crippen LogP contribution in [0.15, 0.2) is 30.7 Å². The molecule has 220 valence electrons. The summed E-state index contributed by atoms with van der Waals surface area (Å²) in [5.74, 6) is 0.476. The van der Waals surface area contributed by atoms with Gasteiger partial charge in [0, 0.05) is 13.1 Å². The van der Waals surface area contributed by atoms with E-state index in [1.54, 1.807) is 0 Å². The zero-order valence-electron chi connectivity index (χ0n) is 22.3. The third-order valence-electron chi connectivity index (χ3n) is 7.90. The van der Waals surface area contributed by atoms with Crippen molar-refractivity contribution >= 4 is 35.0 Å². The fraction of sp³-hybridized carbons (Fsp3) is 0.538. The van der Waals surface area contributed by atoms with E-state index in [0.29, 0.717) is 43.3 Å². The van der Waals surface area contributed by atoms with Crippen LogP contribution in [0.2, 0.25) is 0 Å². The van der Waals surface area contributed by atoms with E-state index in [1.807, 2.05) is 16.8 Å². The summed E-state index contributed by atoms with van der Waals surface area (Å²) in [7, 11) is 1.82. The van der Waals surface area contributed by atoms with Gasteiger partial charge >= 0.3 is 6.18 Å². The summed E-state index contributed by atoms with van der Waals surface area (Å²) in [6.07, 6.45) is 0.492. The van der Waals surface area contributed by atoms with Crippen molar-refractivity contribution in [2.24, 2.45) is 5.92 Å². The lowest BCUT2D eigenvalue weighted by molar-refractivity contribution is -0.141. The normalized spacial score (nSPS) is 17.4. The van der Waals surface area contributed by atoms with Gasteiger partial charge in [-0.05, 0) is 50.9 Å². The Bertz CT molecular complexity index is 1380. The highest BCUT2D eigenvalue weighted by Gasteiger charge is 2.48. The summed E-state index contributed by atoms with van der Waals surface area (Å²) in [4.78, 5) is 43.1. The molecule has 1 aliphatic heterocycles. The largest absolute Gasteiger partial charge is 0.433 e. The van der Waals surface area contributed by atoms with Crippen molar-refractivity contribution < 1.29 is 31.5 Å². The maximum atomic E-state index is 14.0. The molecular weight excluding hydrogens is 551 g/mol. The lowest BCUT2D eigenvalue weighted by Crippen LogP contribution is -2.63. The maximum absolute atomic E-state index is 14.0.